The predicted molar refractivity (Wildman–Crippen MR) is 113 cm³/mol. The molecule has 0 radical (unpaired) electrons. The lowest BCUT2D eigenvalue weighted by Gasteiger charge is -2.23. The van der Waals surface area contributed by atoms with Gasteiger partial charge in [0.05, 0.1) is 26.4 Å². The molecule has 2 aromatic rings. The third kappa shape index (κ3) is 6.49. The van der Waals surface area contributed by atoms with E-state index in [1.165, 1.54) is 6.07 Å². The van der Waals surface area contributed by atoms with Crippen LogP contribution in [0.5, 0.6) is 5.75 Å². The number of aryl methyl sites for hydroxylation is 1. The minimum Gasteiger partial charge on any atom is -0.491 e. The summed E-state index contributed by atoms with van der Waals surface area (Å²) in [5, 5.41) is 0. The zero-order valence-corrected chi connectivity index (χ0v) is 17.7. The maximum absolute atomic E-state index is 12.7. The zero-order valence-electron chi connectivity index (χ0n) is 17.7. The van der Waals surface area contributed by atoms with Crippen molar-refractivity contribution >= 4 is 0 Å². The molecule has 29 heavy (non-hydrogen) atoms. The molecular weight excluding hydrogens is 366 g/mol. The van der Waals surface area contributed by atoms with E-state index in [-0.39, 0.29) is 17.1 Å². The fourth-order valence-corrected chi connectivity index (χ4v) is 3.00. The molecule has 0 saturated carbocycles. The molecule has 5 heteroatoms. The molecular formula is C24H29NO4. The molecule has 1 atom stereocenters. The van der Waals surface area contributed by atoms with Gasteiger partial charge in [-0.15, -0.1) is 0 Å². The molecule has 2 heterocycles. The van der Waals surface area contributed by atoms with Crippen LogP contribution < -0.4 is 10.3 Å². The van der Waals surface area contributed by atoms with Crippen LogP contribution in [0.4, 0.5) is 0 Å². The maximum Gasteiger partial charge on any atom is 0.254 e. The number of hydrogen-bond acceptors (Lipinski definition) is 4. The van der Waals surface area contributed by atoms with Crippen LogP contribution in [0, 0.1) is 24.2 Å². The molecule has 1 aromatic carbocycles. The summed E-state index contributed by atoms with van der Waals surface area (Å²) >= 11 is 0. The van der Waals surface area contributed by atoms with Gasteiger partial charge in [-0.05, 0) is 51.5 Å². The van der Waals surface area contributed by atoms with Crippen molar-refractivity contribution in [2.75, 3.05) is 26.4 Å². The van der Waals surface area contributed by atoms with Crippen LogP contribution in [-0.2, 0) is 16.0 Å². The Morgan fingerprint density at radius 2 is 2.03 bits per heavy atom. The Labute approximate surface area is 172 Å². The quantitative estimate of drug-likeness (QED) is 0.728. The number of aromatic nitrogens is 1. The highest BCUT2D eigenvalue weighted by Crippen LogP contribution is 2.15. The SMILES string of the molecule is Cc1cc(OCC2COCCO2)cc(=O)n1Cc1cccc(C#CC(C)(C)C)c1. The van der Waals surface area contributed by atoms with Gasteiger partial charge in [-0.3, -0.25) is 4.79 Å². The number of ether oxygens (including phenoxy) is 3. The molecule has 1 unspecified atom stereocenters. The topological polar surface area (TPSA) is 49.7 Å². The molecule has 0 bridgehead atoms. The Morgan fingerprint density at radius 3 is 2.72 bits per heavy atom. The lowest BCUT2D eigenvalue weighted by Crippen LogP contribution is -2.33. The van der Waals surface area contributed by atoms with Gasteiger partial charge >= 0.3 is 0 Å². The summed E-state index contributed by atoms with van der Waals surface area (Å²) in [7, 11) is 0. The normalized spacial score (nSPS) is 16.8. The van der Waals surface area contributed by atoms with E-state index >= 15 is 0 Å². The third-order valence-electron chi connectivity index (χ3n) is 4.48. The van der Waals surface area contributed by atoms with Crippen molar-refractivity contribution in [3.8, 4) is 17.6 Å². The second kappa shape index (κ2) is 9.30. The highest BCUT2D eigenvalue weighted by atomic mass is 16.6. The van der Waals surface area contributed by atoms with E-state index in [2.05, 4.69) is 32.6 Å². The van der Waals surface area contributed by atoms with E-state index in [1.807, 2.05) is 37.3 Å². The number of rotatable bonds is 5. The van der Waals surface area contributed by atoms with Gasteiger partial charge in [0.25, 0.3) is 5.56 Å². The van der Waals surface area contributed by atoms with Crippen molar-refractivity contribution in [2.24, 2.45) is 5.41 Å². The summed E-state index contributed by atoms with van der Waals surface area (Å²) in [6.07, 6.45) is -0.0940. The first-order valence-electron chi connectivity index (χ1n) is 9.96. The summed E-state index contributed by atoms with van der Waals surface area (Å²) < 4.78 is 18.4. The number of benzene rings is 1. The van der Waals surface area contributed by atoms with E-state index in [1.54, 1.807) is 4.57 Å². The minimum atomic E-state index is -0.0940. The summed E-state index contributed by atoms with van der Waals surface area (Å²) in [5.41, 5.74) is 2.70. The lowest BCUT2D eigenvalue weighted by molar-refractivity contribution is -0.101. The van der Waals surface area contributed by atoms with Crippen LogP contribution in [0.3, 0.4) is 0 Å². The first-order valence-corrected chi connectivity index (χ1v) is 9.96. The number of hydrogen-bond donors (Lipinski definition) is 0. The van der Waals surface area contributed by atoms with Gasteiger partial charge in [0.15, 0.2) is 0 Å². The number of nitrogens with zero attached hydrogens (tertiary/aromatic N) is 1. The summed E-state index contributed by atoms with van der Waals surface area (Å²) in [6.45, 7) is 10.8. The van der Waals surface area contributed by atoms with Crippen LogP contribution in [0.15, 0.2) is 41.2 Å². The highest BCUT2D eigenvalue weighted by molar-refractivity contribution is 5.38. The molecule has 154 valence electrons. The number of pyridine rings is 1. The van der Waals surface area contributed by atoms with E-state index in [0.29, 0.717) is 38.7 Å². The van der Waals surface area contributed by atoms with Crippen molar-refractivity contribution < 1.29 is 14.2 Å². The first kappa shape index (κ1) is 21.2. The van der Waals surface area contributed by atoms with Gasteiger partial charge in [-0.25, -0.2) is 0 Å². The van der Waals surface area contributed by atoms with Crippen molar-refractivity contribution in [2.45, 2.75) is 40.3 Å². The Bertz CT molecular complexity index is 953. The fraction of sp³-hybridized carbons (Fsp3) is 0.458. The van der Waals surface area contributed by atoms with Crippen LogP contribution in [0.1, 0.15) is 37.6 Å². The van der Waals surface area contributed by atoms with Crippen molar-refractivity contribution in [3.05, 3.63) is 63.6 Å². The van der Waals surface area contributed by atoms with Gasteiger partial charge in [-0.1, -0.05) is 24.0 Å². The minimum absolute atomic E-state index is 0.0475. The molecule has 0 aliphatic carbocycles. The molecule has 1 saturated heterocycles. The van der Waals surface area contributed by atoms with E-state index in [4.69, 9.17) is 14.2 Å². The zero-order chi connectivity index (χ0) is 20.9. The van der Waals surface area contributed by atoms with Crippen molar-refractivity contribution in [1.29, 1.82) is 0 Å². The maximum atomic E-state index is 12.7. The van der Waals surface area contributed by atoms with E-state index < -0.39 is 0 Å². The molecule has 1 aromatic heterocycles. The molecule has 5 nitrogen and oxygen atoms in total. The van der Waals surface area contributed by atoms with Gasteiger partial charge in [0, 0.05) is 22.7 Å². The van der Waals surface area contributed by atoms with Crippen LogP contribution in [0.25, 0.3) is 0 Å². The second-order valence-corrected chi connectivity index (χ2v) is 8.34. The Balaban J connectivity index is 1.71. The predicted octanol–water partition coefficient (Wildman–Crippen LogP) is 3.40. The van der Waals surface area contributed by atoms with Crippen LogP contribution >= 0.6 is 0 Å². The van der Waals surface area contributed by atoms with Crippen LogP contribution in [-0.4, -0.2) is 37.1 Å². The molecule has 0 N–H and O–H groups in total. The summed E-state index contributed by atoms with van der Waals surface area (Å²) in [4.78, 5) is 12.7. The van der Waals surface area contributed by atoms with E-state index in [9.17, 15) is 4.79 Å². The molecule has 1 aliphatic rings. The molecule has 0 amide bonds. The summed E-state index contributed by atoms with van der Waals surface area (Å²) in [5.74, 6) is 7.02. The van der Waals surface area contributed by atoms with Gasteiger partial charge in [0.1, 0.15) is 18.5 Å². The van der Waals surface area contributed by atoms with Crippen molar-refractivity contribution in [3.63, 3.8) is 0 Å². The monoisotopic (exact) mass is 395 g/mol. The van der Waals surface area contributed by atoms with Gasteiger partial charge < -0.3 is 18.8 Å². The fourth-order valence-electron chi connectivity index (χ4n) is 3.00. The van der Waals surface area contributed by atoms with Gasteiger partial charge in [-0.2, -0.15) is 0 Å². The average molecular weight is 395 g/mol. The largest absolute Gasteiger partial charge is 0.491 e. The third-order valence-corrected chi connectivity index (χ3v) is 4.48. The van der Waals surface area contributed by atoms with Gasteiger partial charge in [0.2, 0.25) is 0 Å². The van der Waals surface area contributed by atoms with E-state index in [0.717, 1.165) is 16.8 Å². The first-order chi connectivity index (χ1) is 13.8. The molecule has 3 rings (SSSR count). The lowest BCUT2D eigenvalue weighted by atomic mass is 9.97. The van der Waals surface area contributed by atoms with Crippen molar-refractivity contribution in [1.82, 2.24) is 4.57 Å². The second-order valence-electron chi connectivity index (χ2n) is 8.34. The Hall–Kier alpha value is -2.55. The summed E-state index contributed by atoms with van der Waals surface area (Å²) in [6, 6.07) is 11.4. The molecule has 1 fully saturated rings. The molecule has 1 aliphatic heterocycles. The average Bonchev–Trinajstić information content (AvgIpc) is 2.68. The Kier molecular flexibility index (Phi) is 6.79. The van der Waals surface area contributed by atoms with Crippen LogP contribution in [0.2, 0.25) is 0 Å². The highest BCUT2D eigenvalue weighted by Gasteiger charge is 2.15. The molecule has 0 spiro atoms. The smallest absolute Gasteiger partial charge is 0.254 e. The Morgan fingerprint density at radius 1 is 1.21 bits per heavy atom. The standard InChI is InChI=1S/C24H29NO4/c1-18-12-21(29-17-22-16-27-10-11-28-22)14-23(26)25(18)15-20-7-5-6-19(13-20)8-9-24(2,3)4/h5-7,12-14,22H,10-11,15-17H2,1-4H3.